The van der Waals surface area contributed by atoms with Crippen molar-refractivity contribution in [2.24, 2.45) is 0 Å². The second-order valence-corrected chi connectivity index (χ2v) is 7.39. The summed E-state index contributed by atoms with van der Waals surface area (Å²) in [6.45, 7) is 2.34. The van der Waals surface area contributed by atoms with Gasteiger partial charge in [-0.1, -0.05) is 0 Å². The largest absolute Gasteiger partial charge is 0.488 e. The van der Waals surface area contributed by atoms with Crippen molar-refractivity contribution < 1.29 is 38.4 Å². The number of nitrogens with zero attached hydrogens (tertiary/aromatic N) is 1. The molecule has 176 valence electrons. The topological polar surface area (TPSA) is 125 Å². The highest BCUT2D eigenvalue weighted by atomic mass is 16.7. The van der Waals surface area contributed by atoms with Gasteiger partial charge in [0.25, 0.3) is 5.91 Å². The minimum absolute atomic E-state index is 0.0138. The Morgan fingerprint density at radius 3 is 2.56 bits per heavy atom. The van der Waals surface area contributed by atoms with Gasteiger partial charge in [0.05, 0.1) is 12.2 Å². The zero-order chi connectivity index (χ0) is 24.1. The van der Waals surface area contributed by atoms with E-state index in [0.29, 0.717) is 35.4 Å². The van der Waals surface area contributed by atoms with E-state index in [1.54, 1.807) is 43.5 Å². The van der Waals surface area contributed by atoms with Gasteiger partial charge in [0.1, 0.15) is 29.2 Å². The van der Waals surface area contributed by atoms with Crippen LogP contribution in [0, 0.1) is 0 Å². The molecule has 0 saturated heterocycles. The summed E-state index contributed by atoms with van der Waals surface area (Å²) in [6.07, 6.45) is 0.893. The van der Waals surface area contributed by atoms with Gasteiger partial charge in [-0.3, -0.25) is 4.79 Å². The molecule has 10 nitrogen and oxygen atoms in total. The van der Waals surface area contributed by atoms with Crippen molar-refractivity contribution in [3.63, 3.8) is 0 Å². The van der Waals surface area contributed by atoms with E-state index in [2.05, 4.69) is 10.3 Å². The Morgan fingerprint density at radius 1 is 1.03 bits per heavy atom. The van der Waals surface area contributed by atoms with Crippen LogP contribution < -0.4 is 24.3 Å². The molecule has 1 unspecified atom stereocenters. The summed E-state index contributed by atoms with van der Waals surface area (Å²) in [5.41, 5.74) is 0.266. The monoisotopic (exact) mass is 466 g/mol. The lowest BCUT2D eigenvalue weighted by atomic mass is 10.1. The summed E-state index contributed by atoms with van der Waals surface area (Å²) in [5.74, 6) is 1.06. The molecule has 0 radical (unpaired) electrons. The van der Waals surface area contributed by atoms with Gasteiger partial charge in [-0.25, -0.2) is 9.78 Å². The van der Waals surface area contributed by atoms with Crippen molar-refractivity contribution in [1.82, 2.24) is 4.98 Å². The molecule has 2 heterocycles. The van der Waals surface area contributed by atoms with Crippen LogP contribution in [0.3, 0.4) is 0 Å². The number of pyridine rings is 1. The molecule has 10 heteroatoms. The fourth-order valence-electron chi connectivity index (χ4n) is 3.19. The first-order valence-corrected chi connectivity index (χ1v) is 10.3. The maximum absolute atomic E-state index is 12.9. The van der Waals surface area contributed by atoms with Crippen LogP contribution in [0.1, 0.15) is 27.6 Å². The number of anilines is 1. The van der Waals surface area contributed by atoms with E-state index in [-0.39, 0.29) is 29.8 Å². The smallest absolute Gasteiger partial charge is 0.337 e. The van der Waals surface area contributed by atoms with Crippen molar-refractivity contribution in [2.75, 3.05) is 25.8 Å². The third-order valence-electron chi connectivity index (χ3n) is 4.71. The SMILES string of the molecule is COCC(C)Oc1cc(Oc2ccc3c(c2)OCO3)cc(C(=O)Nc2ccc(C(=O)O)cn2)c1. The second-order valence-electron chi connectivity index (χ2n) is 7.39. The number of ether oxygens (including phenoxy) is 5. The lowest BCUT2D eigenvalue weighted by molar-refractivity contribution is 0.0696. The zero-order valence-electron chi connectivity index (χ0n) is 18.4. The molecule has 1 aromatic heterocycles. The molecule has 1 atom stereocenters. The second kappa shape index (κ2) is 10.1. The number of carbonyl (C=O) groups excluding carboxylic acids is 1. The number of benzene rings is 2. The summed E-state index contributed by atoms with van der Waals surface area (Å²) in [7, 11) is 1.57. The van der Waals surface area contributed by atoms with Gasteiger partial charge in [-0.05, 0) is 43.3 Å². The van der Waals surface area contributed by atoms with Gasteiger partial charge in [-0.15, -0.1) is 0 Å². The predicted octanol–water partition coefficient (Wildman–Crippen LogP) is 3.97. The highest BCUT2D eigenvalue weighted by Crippen LogP contribution is 2.37. The highest BCUT2D eigenvalue weighted by molar-refractivity contribution is 6.04. The van der Waals surface area contributed by atoms with E-state index in [9.17, 15) is 9.59 Å². The quantitative estimate of drug-likeness (QED) is 0.482. The van der Waals surface area contributed by atoms with Gasteiger partial charge in [0.2, 0.25) is 6.79 Å². The molecule has 4 rings (SSSR count). The Bertz CT molecular complexity index is 1200. The molecule has 0 saturated carbocycles. The molecule has 2 N–H and O–H groups in total. The molecule has 0 fully saturated rings. The van der Waals surface area contributed by atoms with E-state index in [4.69, 9.17) is 28.8 Å². The predicted molar refractivity (Wildman–Crippen MR) is 120 cm³/mol. The fraction of sp³-hybridized carbons (Fsp3) is 0.208. The summed E-state index contributed by atoms with van der Waals surface area (Å²) in [5, 5.41) is 11.6. The number of carbonyl (C=O) groups is 2. The Balaban J connectivity index is 1.58. The summed E-state index contributed by atoms with van der Waals surface area (Å²) in [6, 6.07) is 12.7. The summed E-state index contributed by atoms with van der Waals surface area (Å²) >= 11 is 0. The van der Waals surface area contributed by atoms with E-state index in [1.807, 2.05) is 6.92 Å². The Kier molecular flexibility index (Phi) is 6.79. The first kappa shape index (κ1) is 22.9. The van der Waals surface area contributed by atoms with Crippen LogP contribution in [0.4, 0.5) is 5.82 Å². The van der Waals surface area contributed by atoms with E-state index < -0.39 is 11.9 Å². The molecule has 3 aromatic rings. The average Bonchev–Trinajstić information content (AvgIpc) is 3.27. The molecule has 1 amide bonds. The number of rotatable bonds is 9. The third-order valence-corrected chi connectivity index (χ3v) is 4.71. The minimum atomic E-state index is -1.11. The number of hydrogen-bond acceptors (Lipinski definition) is 8. The normalized spacial score (nSPS) is 12.6. The standard InChI is InChI=1S/C24H22N2O8/c1-14(12-30-2)33-18-7-16(23(27)26-22-6-3-15(11-25-22)24(28)29)8-19(9-18)34-17-4-5-20-21(10-17)32-13-31-20/h3-11,14H,12-13H2,1-2H3,(H,28,29)(H,25,26,27). The summed E-state index contributed by atoms with van der Waals surface area (Å²) in [4.78, 5) is 27.9. The number of aromatic carboxylic acids is 1. The Hall–Kier alpha value is -4.31. The van der Waals surface area contributed by atoms with Gasteiger partial charge in [0.15, 0.2) is 11.5 Å². The lowest BCUT2D eigenvalue weighted by Gasteiger charge is -2.16. The maximum atomic E-state index is 12.9. The molecule has 0 bridgehead atoms. The molecule has 2 aromatic carbocycles. The summed E-state index contributed by atoms with van der Waals surface area (Å²) < 4.78 is 27.7. The van der Waals surface area contributed by atoms with Crippen molar-refractivity contribution in [1.29, 1.82) is 0 Å². The molecule has 34 heavy (non-hydrogen) atoms. The number of nitrogens with one attached hydrogen (secondary N) is 1. The lowest BCUT2D eigenvalue weighted by Crippen LogP contribution is -2.19. The number of fused-ring (bicyclic) bond motifs is 1. The van der Waals surface area contributed by atoms with Gasteiger partial charge in [0, 0.05) is 31.0 Å². The molecular formula is C24H22N2O8. The molecular weight excluding hydrogens is 444 g/mol. The van der Waals surface area contributed by atoms with E-state index in [0.717, 1.165) is 6.20 Å². The van der Waals surface area contributed by atoms with Crippen LogP contribution in [0.5, 0.6) is 28.7 Å². The molecule has 1 aliphatic heterocycles. The van der Waals surface area contributed by atoms with Gasteiger partial charge in [-0.2, -0.15) is 0 Å². The van der Waals surface area contributed by atoms with Crippen molar-refractivity contribution in [2.45, 2.75) is 13.0 Å². The van der Waals surface area contributed by atoms with Crippen LogP contribution in [0.2, 0.25) is 0 Å². The Morgan fingerprint density at radius 2 is 1.82 bits per heavy atom. The van der Waals surface area contributed by atoms with Gasteiger partial charge < -0.3 is 34.1 Å². The van der Waals surface area contributed by atoms with Gasteiger partial charge >= 0.3 is 5.97 Å². The van der Waals surface area contributed by atoms with E-state index in [1.165, 1.54) is 12.1 Å². The van der Waals surface area contributed by atoms with Crippen LogP contribution in [-0.2, 0) is 4.74 Å². The van der Waals surface area contributed by atoms with Crippen molar-refractivity contribution in [3.8, 4) is 28.7 Å². The van der Waals surface area contributed by atoms with Crippen molar-refractivity contribution >= 4 is 17.7 Å². The Labute approximate surface area is 195 Å². The highest BCUT2D eigenvalue weighted by Gasteiger charge is 2.17. The first-order chi connectivity index (χ1) is 16.4. The van der Waals surface area contributed by atoms with E-state index >= 15 is 0 Å². The fourth-order valence-corrected chi connectivity index (χ4v) is 3.19. The molecule has 0 aliphatic carbocycles. The number of carboxylic acids is 1. The van der Waals surface area contributed by atoms with Crippen LogP contribution in [-0.4, -0.2) is 48.6 Å². The van der Waals surface area contributed by atoms with Crippen LogP contribution >= 0.6 is 0 Å². The number of hydrogen-bond donors (Lipinski definition) is 2. The number of carboxylic acid groups (broad SMARTS) is 1. The zero-order valence-corrected chi connectivity index (χ0v) is 18.4. The van der Waals surface area contributed by atoms with Crippen molar-refractivity contribution in [3.05, 3.63) is 65.9 Å². The molecule has 1 aliphatic rings. The number of amides is 1. The first-order valence-electron chi connectivity index (χ1n) is 10.3. The minimum Gasteiger partial charge on any atom is -0.488 e. The number of aromatic nitrogens is 1. The van der Waals surface area contributed by atoms with Crippen LogP contribution in [0.15, 0.2) is 54.7 Å². The molecule has 0 spiro atoms. The number of methoxy groups -OCH3 is 1. The average molecular weight is 466 g/mol. The van der Waals surface area contributed by atoms with Crippen LogP contribution in [0.25, 0.3) is 0 Å². The third kappa shape index (κ3) is 5.54. The maximum Gasteiger partial charge on any atom is 0.337 e.